The van der Waals surface area contributed by atoms with Crippen LogP contribution in [0.2, 0.25) is 0 Å². The summed E-state index contributed by atoms with van der Waals surface area (Å²) in [5.41, 5.74) is 0. The van der Waals surface area contributed by atoms with Gasteiger partial charge in [0, 0.05) is 6.07 Å². The first kappa shape index (κ1) is 12.1. The van der Waals surface area contributed by atoms with Gasteiger partial charge in [0.1, 0.15) is 11.5 Å². The summed E-state index contributed by atoms with van der Waals surface area (Å²) in [5.74, 6) is 0.520. The highest BCUT2D eigenvalue weighted by molar-refractivity contribution is 5.86. The summed E-state index contributed by atoms with van der Waals surface area (Å²) in [5, 5.41) is 0. The lowest BCUT2D eigenvalue weighted by Crippen LogP contribution is -2.11. The summed E-state index contributed by atoms with van der Waals surface area (Å²) in [7, 11) is 1.55. The second-order valence-electron chi connectivity index (χ2n) is 2.92. The van der Waals surface area contributed by atoms with Crippen molar-refractivity contribution in [3.63, 3.8) is 0 Å². The number of carbonyl (C=O) groups excluding carboxylic acids is 1. The van der Waals surface area contributed by atoms with Gasteiger partial charge in [-0.05, 0) is 25.6 Å². The topological polar surface area (TPSA) is 44.8 Å². The molecule has 0 aromatic heterocycles. The number of rotatable bonds is 5. The molecule has 0 aliphatic heterocycles. The van der Waals surface area contributed by atoms with Crippen molar-refractivity contribution in [3.05, 3.63) is 36.6 Å². The maximum absolute atomic E-state index is 11.2. The summed E-state index contributed by atoms with van der Waals surface area (Å²) in [4.78, 5) is 11.2. The fourth-order valence-corrected chi connectivity index (χ4v) is 1.06. The number of hydrogen-bond acceptors (Lipinski definition) is 4. The number of benzene rings is 1. The van der Waals surface area contributed by atoms with Crippen LogP contribution in [-0.4, -0.2) is 19.7 Å². The van der Waals surface area contributed by atoms with Crippen molar-refractivity contribution in [2.24, 2.45) is 0 Å². The molecule has 0 radical (unpaired) electrons. The lowest BCUT2D eigenvalue weighted by atomic mass is 10.3. The van der Waals surface area contributed by atoms with E-state index in [4.69, 9.17) is 14.2 Å². The van der Waals surface area contributed by atoms with Crippen LogP contribution < -0.4 is 9.47 Å². The molecule has 0 saturated heterocycles. The lowest BCUT2D eigenvalue weighted by molar-refractivity contribution is -0.140. The molecule has 0 aliphatic rings. The van der Waals surface area contributed by atoms with Gasteiger partial charge in [0.25, 0.3) is 0 Å². The molecule has 0 unspecified atom stereocenters. The van der Waals surface area contributed by atoms with Crippen LogP contribution in [0.1, 0.15) is 6.92 Å². The van der Waals surface area contributed by atoms with Gasteiger partial charge in [0.05, 0.1) is 13.7 Å². The van der Waals surface area contributed by atoms with Crippen LogP contribution in [0.4, 0.5) is 0 Å². The average Bonchev–Trinajstić information content (AvgIpc) is 2.29. The van der Waals surface area contributed by atoms with Gasteiger partial charge >= 0.3 is 5.97 Å². The number of carbonyl (C=O) groups is 1. The molecule has 0 fully saturated rings. The summed E-state index contributed by atoms with van der Waals surface area (Å²) in [6.45, 7) is 5.50. The summed E-state index contributed by atoms with van der Waals surface area (Å²) < 4.78 is 15.0. The van der Waals surface area contributed by atoms with Crippen LogP contribution in [-0.2, 0) is 9.53 Å². The number of methoxy groups -OCH3 is 1. The van der Waals surface area contributed by atoms with Crippen molar-refractivity contribution in [1.29, 1.82) is 0 Å². The molecule has 0 N–H and O–H groups in total. The Balaban J connectivity index is 2.65. The maximum atomic E-state index is 11.2. The molecule has 0 bridgehead atoms. The second kappa shape index (κ2) is 5.80. The van der Waals surface area contributed by atoms with E-state index in [-0.39, 0.29) is 5.76 Å². The molecular weight excluding hydrogens is 208 g/mol. The maximum Gasteiger partial charge on any atom is 0.373 e. The molecule has 4 nitrogen and oxygen atoms in total. The van der Waals surface area contributed by atoms with Crippen LogP contribution >= 0.6 is 0 Å². The lowest BCUT2D eigenvalue weighted by Gasteiger charge is -2.08. The van der Waals surface area contributed by atoms with Gasteiger partial charge in [-0.2, -0.15) is 0 Å². The first-order chi connectivity index (χ1) is 7.67. The molecule has 16 heavy (non-hydrogen) atoms. The second-order valence-corrected chi connectivity index (χ2v) is 2.92. The largest absolute Gasteiger partial charge is 0.497 e. The summed E-state index contributed by atoms with van der Waals surface area (Å²) in [6, 6.07) is 6.89. The van der Waals surface area contributed by atoms with Crippen LogP contribution in [0, 0.1) is 0 Å². The Bertz CT molecular complexity index is 384. The zero-order valence-corrected chi connectivity index (χ0v) is 9.36. The van der Waals surface area contributed by atoms with Crippen molar-refractivity contribution < 1.29 is 19.0 Å². The van der Waals surface area contributed by atoms with Crippen LogP contribution in [0.25, 0.3) is 0 Å². The molecular formula is C12H14O4. The molecule has 0 spiro atoms. The van der Waals surface area contributed by atoms with E-state index >= 15 is 0 Å². The Morgan fingerprint density at radius 3 is 2.69 bits per heavy atom. The number of ether oxygens (including phenoxy) is 3. The average molecular weight is 222 g/mol. The highest BCUT2D eigenvalue weighted by Gasteiger charge is 2.10. The third-order valence-corrected chi connectivity index (χ3v) is 1.79. The van der Waals surface area contributed by atoms with E-state index in [0.29, 0.717) is 18.1 Å². The molecule has 4 heteroatoms. The van der Waals surface area contributed by atoms with Crippen molar-refractivity contribution in [2.75, 3.05) is 13.7 Å². The minimum absolute atomic E-state index is 0.0462. The minimum Gasteiger partial charge on any atom is -0.497 e. The fraction of sp³-hybridized carbons (Fsp3) is 0.250. The summed E-state index contributed by atoms with van der Waals surface area (Å²) in [6.07, 6.45) is 0. The van der Waals surface area contributed by atoms with Gasteiger partial charge in [-0.25, -0.2) is 4.79 Å². The van der Waals surface area contributed by atoms with Crippen LogP contribution in [0.5, 0.6) is 11.5 Å². The third kappa shape index (κ3) is 3.31. The molecule has 0 amide bonds. The molecule has 0 aliphatic carbocycles. The standard InChI is InChI=1S/C12H14O4/c1-4-15-12(13)9(2)16-11-7-5-6-10(8-11)14-3/h5-8H,2,4H2,1,3H3. The molecule has 1 rings (SSSR count). The predicted octanol–water partition coefficient (Wildman–Crippen LogP) is 2.15. The molecule has 0 heterocycles. The van der Waals surface area contributed by atoms with E-state index in [0.717, 1.165) is 0 Å². The van der Waals surface area contributed by atoms with E-state index in [1.165, 1.54) is 0 Å². The Hall–Kier alpha value is -1.97. The molecule has 1 aromatic carbocycles. The predicted molar refractivity (Wildman–Crippen MR) is 59.4 cm³/mol. The minimum atomic E-state index is -0.565. The molecule has 0 atom stereocenters. The fourth-order valence-electron chi connectivity index (χ4n) is 1.06. The van der Waals surface area contributed by atoms with E-state index in [1.54, 1.807) is 38.3 Å². The van der Waals surface area contributed by atoms with Crippen LogP contribution in [0.3, 0.4) is 0 Å². The Morgan fingerprint density at radius 1 is 1.38 bits per heavy atom. The van der Waals surface area contributed by atoms with Gasteiger partial charge < -0.3 is 14.2 Å². The first-order valence-corrected chi connectivity index (χ1v) is 4.85. The van der Waals surface area contributed by atoms with Crippen LogP contribution in [0.15, 0.2) is 36.6 Å². The monoisotopic (exact) mass is 222 g/mol. The highest BCUT2D eigenvalue weighted by Crippen LogP contribution is 2.20. The first-order valence-electron chi connectivity index (χ1n) is 4.85. The number of esters is 1. The quantitative estimate of drug-likeness (QED) is 0.435. The van der Waals surface area contributed by atoms with Gasteiger partial charge in [0.2, 0.25) is 5.76 Å². The van der Waals surface area contributed by atoms with E-state index in [1.807, 2.05) is 0 Å². The molecule has 1 aromatic rings. The Labute approximate surface area is 94.4 Å². The van der Waals surface area contributed by atoms with Gasteiger partial charge in [-0.15, -0.1) is 0 Å². The normalized spacial score (nSPS) is 9.38. The molecule has 86 valence electrons. The Morgan fingerprint density at radius 2 is 2.06 bits per heavy atom. The van der Waals surface area contributed by atoms with Crippen molar-refractivity contribution in [2.45, 2.75) is 6.92 Å². The van der Waals surface area contributed by atoms with Crippen molar-refractivity contribution in [3.8, 4) is 11.5 Å². The highest BCUT2D eigenvalue weighted by atomic mass is 16.6. The van der Waals surface area contributed by atoms with Gasteiger partial charge in [0.15, 0.2) is 0 Å². The van der Waals surface area contributed by atoms with Gasteiger partial charge in [-0.3, -0.25) is 0 Å². The van der Waals surface area contributed by atoms with E-state index in [2.05, 4.69) is 6.58 Å². The number of hydrogen-bond donors (Lipinski definition) is 0. The third-order valence-electron chi connectivity index (χ3n) is 1.79. The SMILES string of the molecule is C=C(Oc1cccc(OC)c1)C(=O)OCC. The smallest absolute Gasteiger partial charge is 0.373 e. The zero-order chi connectivity index (χ0) is 12.0. The zero-order valence-electron chi connectivity index (χ0n) is 9.36. The van der Waals surface area contributed by atoms with E-state index in [9.17, 15) is 4.79 Å². The Kier molecular flexibility index (Phi) is 4.39. The molecule has 0 saturated carbocycles. The van der Waals surface area contributed by atoms with Crippen molar-refractivity contribution in [1.82, 2.24) is 0 Å². The van der Waals surface area contributed by atoms with E-state index < -0.39 is 5.97 Å². The summed E-state index contributed by atoms with van der Waals surface area (Å²) >= 11 is 0. The van der Waals surface area contributed by atoms with Crippen molar-refractivity contribution >= 4 is 5.97 Å². The van der Waals surface area contributed by atoms with Gasteiger partial charge in [-0.1, -0.05) is 6.07 Å².